The Kier molecular flexibility index (Phi) is 3.43. The van der Waals surface area contributed by atoms with E-state index in [-0.39, 0.29) is 6.04 Å². The molecular formula is C16H23NO2. The van der Waals surface area contributed by atoms with Gasteiger partial charge in [0, 0.05) is 0 Å². The zero-order valence-electron chi connectivity index (χ0n) is 12.4. The van der Waals surface area contributed by atoms with Crippen LogP contribution in [0.15, 0.2) is 12.1 Å². The maximum absolute atomic E-state index is 11.7. The molecule has 1 saturated carbocycles. The van der Waals surface area contributed by atoms with Gasteiger partial charge in [-0.2, -0.15) is 0 Å². The summed E-state index contributed by atoms with van der Waals surface area (Å²) in [6, 6.07) is 4.26. The van der Waals surface area contributed by atoms with Crippen LogP contribution < -0.4 is 0 Å². The normalized spacial score (nSPS) is 18.4. The SMILES string of the molecule is Cc1cc(C)c(C(N(C)C)C2(C(=O)O)CC2)c(C)c1. The summed E-state index contributed by atoms with van der Waals surface area (Å²) in [5.41, 5.74) is 4.23. The maximum Gasteiger partial charge on any atom is 0.311 e. The van der Waals surface area contributed by atoms with E-state index in [9.17, 15) is 9.90 Å². The number of hydrogen-bond acceptors (Lipinski definition) is 2. The molecule has 1 atom stereocenters. The van der Waals surface area contributed by atoms with Crippen LogP contribution in [-0.4, -0.2) is 30.1 Å². The van der Waals surface area contributed by atoms with E-state index in [1.807, 2.05) is 14.1 Å². The zero-order chi connectivity index (χ0) is 14.4. The first kappa shape index (κ1) is 14.1. The van der Waals surface area contributed by atoms with Crippen molar-refractivity contribution in [3.8, 4) is 0 Å². The summed E-state index contributed by atoms with van der Waals surface area (Å²) in [5, 5.41) is 9.59. The molecule has 104 valence electrons. The molecule has 3 nitrogen and oxygen atoms in total. The second-order valence-electron chi connectivity index (χ2n) is 6.14. The molecule has 1 aliphatic rings. The highest BCUT2D eigenvalue weighted by Gasteiger charge is 2.57. The van der Waals surface area contributed by atoms with Crippen LogP contribution in [0.25, 0.3) is 0 Å². The smallest absolute Gasteiger partial charge is 0.311 e. The number of carbonyl (C=O) groups is 1. The van der Waals surface area contributed by atoms with E-state index in [4.69, 9.17) is 0 Å². The maximum atomic E-state index is 11.7. The predicted octanol–water partition coefficient (Wildman–Crippen LogP) is 3.08. The van der Waals surface area contributed by atoms with Gasteiger partial charge in [0.2, 0.25) is 0 Å². The van der Waals surface area contributed by atoms with Crippen molar-refractivity contribution < 1.29 is 9.90 Å². The molecule has 0 aliphatic heterocycles. The van der Waals surface area contributed by atoms with Crippen molar-refractivity contribution in [2.24, 2.45) is 5.41 Å². The van der Waals surface area contributed by atoms with Gasteiger partial charge in [0.1, 0.15) is 0 Å². The lowest BCUT2D eigenvalue weighted by molar-refractivity contribution is -0.146. The minimum atomic E-state index is -0.662. The summed E-state index contributed by atoms with van der Waals surface area (Å²) < 4.78 is 0. The molecule has 0 saturated heterocycles. The van der Waals surface area contributed by atoms with Crippen molar-refractivity contribution in [2.75, 3.05) is 14.1 Å². The summed E-state index contributed by atoms with van der Waals surface area (Å²) in [4.78, 5) is 13.7. The number of nitrogens with zero attached hydrogens (tertiary/aromatic N) is 1. The Hall–Kier alpha value is -1.35. The Morgan fingerprint density at radius 2 is 1.68 bits per heavy atom. The summed E-state index contributed by atoms with van der Waals surface area (Å²) in [7, 11) is 3.96. The van der Waals surface area contributed by atoms with Gasteiger partial charge < -0.3 is 10.0 Å². The van der Waals surface area contributed by atoms with Crippen molar-refractivity contribution in [2.45, 2.75) is 39.7 Å². The first-order valence-corrected chi connectivity index (χ1v) is 6.77. The van der Waals surface area contributed by atoms with E-state index >= 15 is 0 Å². The fraction of sp³-hybridized carbons (Fsp3) is 0.562. The molecule has 0 radical (unpaired) electrons. The average molecular weight is 261 g/mol. The van der Waals surface area contributed by atoms with Gasteiger partial charge in [0.05, 0.1) is 11.5 Å². The number of aryl methyl sites for hydroxylation is 3. The van der Waals surface area contributed by atoms with Crippen LogP contribution in [-0.2, 0) is 4.79 Å². The van der Waals surface area contributed by atoms with Crippen LogP contribution in [0.5, 0.6) is 0 Å². The van der Waals surface area contributed by atoms with Crippen LogP contribution in [0.3, 0.4) is 0 Å². The van der Waals surface area contributed by atoms with Crippen molar-refractivity contribution >= 4 is 5.97 Å². The number of hydrogen-bond donors (Lipinski definition) is 1. The molecule has 1 unspecified atom stereocenters. The van der Waals surface area contributed by atoms with Crippen LogP contribution in [0.2, 0.25) is 0 Å². The van der Waals surface area contributed by atoms with Gasteiger partial charge in [0.15, 0.2) is 0 Å². The molecule has 0 spiro atoms. The third-order valence-electron chi connectivity index (χ3n) is 4.27. The molecule has 1 aliphatic carbocycles. The first-order chi connectivity index (χ1) is 8.79. The van der Waals surface area contributed by atoms with Crippen LogP contribution in [0.4, 0.5) is 0 Å². The molecule has 0 bridgehead atoms. The van der Waals surface area contributed by atoms with E-state index < -0.39 is 11.4 Å². The summed E-state index contributed by atoms with van der Waals surface area (Å²) in [5.74, 6) is -0.662. The Balaban J connectivity index is 2.56. The third-order valence-corrected chi connectivity index (χ3v) is 4.27. The molecule has 1 aromatic carbocycles. The molecule has 3 heteroatoms. The monoisotopic (exact) mass is 261 g/mol. The second-order valence-corrected chi connectivity index (χ2v) is 6.14. The number of benzene rings is 1. The highest BCUT2D eigenvalue weighted by Crippen LogP contribution is 2.57. The van der Waals surface area contributed by atoms with Crippen molar-refractivity contribution in [3.63, 3.8) is 0 Å². The van der Waals surface area contributed by atoms with Gasteiger partial charge in [-0.1, -0.05) is 17.7 Å². The Bertz CT molecular complexity index is 492. The molecule has 2 rings (SSSR count). The summed E-state index contributed by atoms with van der Waals surface area (Å²) >= 11 is 0. The largest absolute Gasteiger partial charge is 0.481 e. The predicted molar refractivity (Wildman–Crippen MR) is 76.4 cm³/mol. The number of carboxylic acid groups (broad SMARTS) is 1. The standard InChI is InChI=1S/C16H23NO2/c1-10-8-11(2)13(12(3)9-10)14(17(4)5)16(6-7-16)15(18)19/h8-9,14H,6-7H2,1-5H3,(H,18,19). The van der Waals surface area contributed by atoms with Crippen molar-refractivity contribution in [1.29, 1.82) is 0 Å². The van der Waals surface area contributed by atoms with E-state index in [0.29, 0.717) is 0 Å². The Labute approximate surface area is 115 Å². The molecule has 0 amide bonds. The molecule has 1 fully saturated rings. The van der Waals surface area contributed by atoms with Gasteiger partial charge in [-0.05, 0) is 64.4 Å². The lowest BCUT2D eigenvalue weighted by Gasteiger charge is -2.33. The quantitative estimate of drug-likeness (QED) is 0.905. The van der Waals surface area contributed by atoms with Crippen molar-refractivity contribution in [1.82, 2.24) is 4.90 Å². The fourth-order valence-electron chi connectivity index (χ4n) is 3.39. The summed E-state index contributed by atoms with van der Waals surface area (Å²) in [6.07, 6.45) is 1.55. The highest BCUT2D eigenvalue weighted by molar-refractivity contribution is 5.79. The Morgan fingerprint density at radius 3 is 2.00 bits per heavy atom. The molecule has 1 aromatic rings. The lowest BCUT2D eigenvalue weighted by atomic mass is 9.83. The van der Waals surface area contributed by atoms with E-state index in [1.165, 1.54) is 22.3 Å². The van der Waals surface area contributed by atoms with Crippen molar-refractivity contribution in [3.05, 3.63) is 34.4 Å². The molecule has 19 heavy (non-hydrogen) atoms. The van der Waals surface area contributed by atoms with Gasteiger partial charge in [0.25, 0.3) is 0 Å². The number of carboxylic acids is 1. The molecule has 0 aromatic heterocycles. The van der Waals surface area contributed by atoms with Gasteiger partial charge in [-0.3, -0.25) is 4.79 Å². The average Bonchev–Trinajstić information content (AvgIpc) is 3.03. The molecule has 1 N–H and O–H groups in total. The van der Waals surface area contributed by atoms with Gasteiger partial charge >= 0.3 is 5.97 Å². The van der Waals surface area contributed by atoms with Gasteiger partial charge in [-0.25, -0.2) is 0 Å². The van der Waals surface area contributed by atoms with Crippen LogP contribution in [0.1, 0.15) is 41.1 Å². The van der Waals surface area contributed by atoms with Crippen LogP contribution >= 0.6 is 0 Å². The first-order valence-electron chi connectivity index (χ1n) is 6.77. The Morgan fingerprint density at radius 1 is 1.21 bits per heavy atom. The second kappa shape index (κ2) is 4.64. The minimum absolute atomic E-state index is 0.0365. The molecular weight excluding hydrogens is 238 g/mol. The topological polar surface area (TPSA) is 40.5 Å². The number of aliphatic carboxylic acids is 1. The lowest BCUT2D eigenvalue weighted by Crippen LogP contribution is -2.35. The highest BCUT2D eigenvalue weighted by atomic mass is 16.4. The van der Waals surface area contributed by atoms with E-state index in [2.05, 4.69) is 37.8 Å². The molecule has 0 heterocycles. The van der Waals surface area contributed by atoms with Crippen LogP contribution in [0, 0.1) is 26.2 Å². The fourth-order valence-corrected chi connectivity index (χ4v) is 3.39. The summed E-state index contributed by atoms with van der Waals surface area (Å²) in [6.45, 7) is 6.26. The third kappa shape index (κ3) is 2.27. The minimum Gasteiger partial charge on any atom is -0.481 e. The van der Waals surface area contributed by atoms with E-state index in [1.54, 1.807) is 0 Å². The number of rotatable bonds is 4. The zero-order valence-corrected chi connectivity index (χ0v) is 12.4. The van der Waals surface area contributed by atoms with E-state index in [0.717, 1.165) is 12.8 Å². The van der Waals surface area contributed by atoms with Gasteiger partial charge in [-0.15, -0.1) is 0 Å².